The maximum Gasteiger partial charge on any atom is 0.242 e. The van der Waals surface area contributed by atoms with Crippen LogP contribution in [0.3, 0.4) is 0 Å². The van der Waals surface area contributed by atoms with Crippen LogP contribution in [0.2, 0.25) is 0 Å². The number of sulfonamides is 1. The topological polar surface area (TPSA) is 103 Å². The minimum atomic E-state index is -3.95. The summed E-state index contributed by atoms with van der Waals surface area (Å²) in [7, 11) is -3.95. The van der Waals surface area contributed by atoms with Crippen molar-refractivity contribution in [1.82, 2.24) is 4.72 Å². The fraction of sp³-hybridized carbons (Fsp3) is 0.240. The van der Waals surface area contributed by atoms with E-state index in [0.717, 1.165) is 5.56 Å². The minimum absolute atomic E-state index is 0.00341. The van der Waals surface area contributed by atoms with Crippen molar-refractivity contribution in [3.05, 3.63) is 78.4 Å². The van der Waals surface area contributed by atoms with Crippen LogP contribution in [0, 0.1) is 0 Å². The minimum Gasteiger partial charge on any atom is -0.490 e. The molecule has 3 aromatic carbocycles. The first-order chi connectivity index (χ1) is 16.4. The second-order valence-electron chi connectivity index (χ2n) is 7.79. The number of fused-ring (bicyclic) bond motifs is 1. The first kappa shape index (κ1) is 23.6. The molecule has 4 rings (SSSR count). The lowest BCUT2D eigenvalue weighted by Gasteiger charge is -2.16. The van der Waals surface area contributed by atoms with E-state index in [1.54, 1.807) is 30.3 Å². The number of ether oxygens (including phenoxy) is 3. The van der Waals surface area contributed by atoms with Crippen LogP contribution in [0.1, 0.15) is 18.9 Å². The monoisotopic (exact) mass is 482 g/mol. The number of benzene rings is 3. The fourth-order valence-corrected chi connectivity index (χ4v) is 4.51. The van der Waals surface area contributed by atoms with Gasteiger partial charge in [0.1, 0.15) is 12.4 Å². The second kappa shape index (κ2) is 10.6. The molecular formula is C25H26N2O6S. The van der Waals surface area contributed by atoms with Crippen LogP contribution in [-0.4, -0.2) is 33.6 Å². The summed E-state index contributed by atoms with van der Waals surface area (Å²) in [5.41, 5.74) is 1.58. The Morgan fingerprint density at radius 2 is 1.68 bits per heavy atom. The SMILES string of the molecule is C[C@@H](NS(=O)(=O)c1ccc2c(c1)OCCCO2)C(=O)Nc1ccc(OCc2ccccc2)cc1. The number of anilines is 1. The van der Waals surface area contributed by atoms with Gasteiger partial charge in [-0.25, -0.2) is 8.42 Å². The van der Waals surface area contributed by atoms with Gasteiger partial charge in [-0.2, -0.15) is 4.72 Å². The normalized spacial score (nSPS) is 14.0. The highest BCUT2D eigenvalue weighted by atomic mass is 32.2. The van der Waals surface area contributed by atoms with Crippen molar-refractivity contribution < 1.29 is 27.4 Å². The summed E-state index contributed by atoms with van der Waals surface area (Å²) in [5, 5.41) is 2.71. The Hall–Kier alpha value is -3.56. The molecule has 0 fully saturated rings. The van der Waals surface area contributed by atoms with Crippen molar-refractivity contribution in [3.8, 4) is 17.2 Å². The zero-order valence-corrected chi connectivity index (χ0v) is 19.5. The number of carbonyl (C=O) groups is 1. The van der Waals surface area contributed by atoms with Gasteiger partial charge in [0.05, 0.1) is 24.2 Å². The summed E-state index contributed by atoms with van der Waals surface area (Å²) in [6.45, 7) is 2.87. The molecule has 1 aliphatic heterocycles. The number of rotatable bonds is 8. The molecule has 0 spiro atoms. The van der Waals surface area contributed by atoms with Crippen molar-refractivity contribution >= 4 is 21.6 Å². The highest BCUT2D eigenvalue weighted by Gasteiger charge is 2.24. The highest BCUT2D eigenvalue weighted by Crippen LogP contribution is 2.32. The van der Waals surface area contributed by atoms with Crippen molar-refractivity contribution in [1.29, 1.82) is 0 Å². The summed E-state index contributed by atoms with van der Waals surface area (Å²) in [6, 6.07) is 20.0. The van der Waals surface area contributed by atoms with Gasteiger partial charge in [0.25, 0.3) is 0 Å². The Labute approximate surface area is 198 Å². The van der Waals surface area contributed by atoms with E-state index in [9.17, 15) is 13.2 Å². The summed E-state index contributed by atoms with van der Waals surface area (Å²) in [4.78, 5) is 12.6. The molecule has 0 saturated carbocycles. The van der Waals surface area contributed by atoms with Crippen LogP contribution < -0.4 is 24.2 Å². The highest BCUT2D eigenvalue weighted by molar-refractivity contribution is 7.89. The zero-order valence-electron chi connectivity index (χ0n) is 18.7. The van der Waals surface area contributed by atoms with Gasteiger partial charge in [-0.05, 0) is 48.9 Å². The van der Waals surface area contributed by atoms with Gasteiger partial charge in [-0.15, -0.1) is 0 Å². The molecule has 0 radical (unpaired) electrons. The standard InChI is InChI=1S/C25H26N2O6S/c1-18(27-34(29,30)22-12-13-23-24(16-22)32-15-5-14-31-23)25(28)26-20-8-10-21(11-9-20)33-17-19-6-3-2-4-7-19/h2-4,6-13,16,18,27H,5,14-15,17H2,1H3,(H,26,28)/t18-/m1/s1. The number of carbonyl (C=O) groups excluding carboxylic acids is 1. The second-order valence-corrected chi connectivity index (χ2v) is 9.50. The molecule has 0 bridgehead atoms. The lowest BCUT2D eigenvalue weighted by molar-refractivity contribution is -0.117. The van der Waals surface area contributed by atoms with Crippen molar-refractivity contribution in [3.63, 3.8) is 0 Å². The van der Waals surface area contributed by atoms with E-state index in [0.29, 0.717) is 49.2 Å². The molecule has 1 amide bonds. The molecule has 0 saturated heterocycles. The van der Waals surface area contributed by atoms with Gasteiger partial charge >= 0.3 is 0 Å². The first-order valence-corrected chi connectivity index (χ1v) is 12.4. The van der Waals surface area contributed by atoms with E-state index in [1.807, 2.05) is 30.3 Å². The van der Waals surface area contributed by atoms with Crippen LogP contribution in [0.5, 0.6) is 17.2 Å². The Morgan fingerprint density at radius 1 is 0.971 bits per heavy atom. The Balaban J connectivity index is 1.33. The fourth-order valence-electron chi connectivity index (χ4n) is 3.29. The quantitative estimate of drug-likeness (QED) is 0.507. The van der Waals surface area contributed by atoms with E-state index >= 15 is 0 Å². The van der Waals surface area contributed by atoms with Gasteiger partial charge in [-0.3, -0.25) is 4.79 Å². The lowest BCUT2D eigenvalue weighted by Crippen LogP contribution is -2.41. The van der Waals surface area contributed by atoms with Crippen molar-refractivity contribution in [2.75, 3.05) is 18.5 Å². The largest absolute Gasteiger partial charge is 0.490 e. The third-order valence-corrected chi connectivity index (χ3v) is 6.66. The van der Waals surface area contributed by atoms with Gasteiger partial charge < -0.3 is 19.5 Å². The van der Waals surface area contributed by atoms with E-state index in [2.05, 4.69) is 10.0 Å². The summed E-state index contributed by atoms with van der Waals surface area (Å²) >= 11 is 0. The Kier molecular flexibility index (Phi) is 7.34. The van der Waals surface area contributed by atoms with Crippen LogP contribution in [0.4, 0.5) is 5.69 Å². The average Bonchev–Trinajstić information content (AvgIpc) is 3.09. The van der Waals surface area contributed by atoms with Gasteiger partial charge in [-0.1, -0.05) is 30.3 Å². The molecule has 1 heterocycles. The summed E-state index contributed by atoms with van der Waals surface area (Å²) < 4.78 is 44.8. The molecule has 8 nitrogen and oxygen atoms in total. The average molecular weight is 483 g/mol. The van der Waals surface area contributed by atoms with Gasteiger partial charge in [0.2, 0.25) is 15.9 Å². The van der Waals surface area contributed by atoms with Gasteiger partial charge in [0, 0.05) is 18.2 Å². The molecule has 3 aromatic rings. The number of hydrogen-bond acceptors (Lipinski definition) is 6. The third-order valence-electron chi connectivity index (χ3n) is 5.12. The lowest BCUT2D eigenvalue weighted by atomic mass is 10.2. The smallest absolute Gasteiger partial charge is 0.242 e. The molecule has 1 atom stereocenters. The van der Waals surface area contributed by atoms with Gasteiger partial charge in [0.15, 0.2) is 11.5 Å². The maximum atomic E-state index is 12.8. The number of amides is 1. The molecule has 0 aliphatic carbocycles. The first-order valence-electron chi connectivity index (χ1n) is 10.9. The molecule has 0 unspecified atom stereocenters. The predicted octanol–water partition coefficient (Wildman–Crippen LogP) is 3.73. The molecule has 9 heteroatoms. The molecule has 34 heavy (non-hydrogen) atoms. The van der Waals surface area contributed by atoms with Crippen LogP contribution in [0.15, 0.2) is 77.7 Å². The van der Waals surface area contributed by atoms with E-state index in [4.69, 9.17) is 14.2 Å². The van der Waals surface area contributed by atoms with E-state index in [-0.39, 0.29) is 4.90 Å². The number of hydrogen-bond donors (Lipinski definition) is 2. The van der Waals surface area contributed by atoms with Crippen LogP contribution in [-0.2, 0) is 21.4 Å². The number of nitrogens with one attached hydrogen (secondary N) is 2. The molecule has 178 valence electrons. The molecule has 0 aromatic heterocycles. The Morgan fingerprint density at radius 3 is 2.41 bits per heavy atom. The van der Waals surface area contributed by atoms with Crippen molar-refractivity contribution in [2.45, 2.75) is 30.9 Å². The van der Waals surface area contributed by atoms with Crippen molar-refractivity contribution in [2.24, 2.45) is 0 Å². The molecular weight excluding hydrogens is 456 g/mol. The Bertz CT molecular complexity index is 1230. The third kappa shape index (κ3) is 6.06. The predicted molar refractivity (Wildman–Crippen MR) is 128 cm³/mol. The van der Waals surface area contributed by atoms with E-state index < -0.39 is 22.0 Å². The zero-order chi connectivity index (χ0) is 24.0. The van der Waals surface area contributed by atoms with E-state index in [1.165, 1.54) is 19.1 Å². The summed E-state index contributed by atoms with van der Waals surface area (Å²) in [6.07, 6.45) is 0.715. The van der Waals surface area contributed by atoms with Crippen LogP contribution in [0.25, 0.3) is 0 Å². The summed E-state index contributed by atoms with van der Waals surface area (Å²) in [5.74, 6) is 1.03. The molecule has 2 N–H and O–H groups in total. The molecule has 1 aliphatic rings. The van der Waals surface area contributed by atoms with Crippen LogP contribution >= 0.6 is 0 Å². The maximum absolute atomic E-state index is 12.8.